The highest BCUT2D eigenvalue weighted by molar-refractivity contribution is 5.97. The van der Waals surface area contributed by atoms with Gasteiger partial charge in [-0.1, -0.05) is 6.07 Å². The molecular formula is C11H11N3O3. The molecule has 1 aromatic carbocycles. The van der Waals surface area contributed by atoms with Crippen molar-refractivity contribution in [2.24, 2.45) is 5.73 Å². The molecule has 6 heteroatoms. The topological polar surface area (TPSA) is 97.2 Å². The number of carbonyl (C=O) groups is 2. The second-order valence-corrected chi connectivity index (χ2v) is 3.47. The minimum absolute atomic E-state index is 0.351. The molecule has 0 aliphatic rings. The number of carbonyl (C=O) groups excluding carboxylic acids is 2. The number of hydroxylamine groups is 1. The van der Waals surface area contributed by atoms with E-state index in [0.717, 1.165) is 10.9 Å². The number of primary amides is 1. The SMILES string of the molecule is NC(=O)CONC(=O)c1ccc2cc[nH]c2c1. The van der Waals surface area contributed by atoms with Crippen molar-refractivity contribution in [1.29, 1.82) is 0 Å². The minimum atomic E-state index is -0.648. The van der Waals surface area contributed by atoms with Crippen LogP contribution in [0.2, 0.25) is 0 Å². The van der Waals surface area contributed by atoms with Crippen molar-refractivity contribution in [2.45, 2.75) is 0 Å². The molecule has 0 radical (unpaired) electrons. The number of aromatic amines is 1. The number of fused-ring (bicyclic) bond motifs is 1. The number of nitrogens with two attached hydrogens (primary N) is 1. The molecule has 0 saturated carbocycles. The summed E-state index contributed by atoms with van der Waals surface area (Å²) in [7, 11) is 0. The van der Waals surface area contributed by atoms with Gasteiger partial charge in [-0.05, 0) is 23.6 Å². The first-order valence-corrected chi connectivity index (χ1v) is 4.94. The summed E-state index contributed by atoms with van der Waals surface area (Å²) < 4.78 is 0. The van der Waals surface area contributed by atoms with Crippen LogP contribution in [-0.2, 0) is 9.63 Å². The summed E-state index contributed by atoms with van der Waals surface area (Å²) in [6, 6.07) is 7.08. The van der Waals surface area contributed by atoms with Gasteiger partial charge < -0.3 is 10.7 Å². The summed E-state index contributed by atoms with van der Waals surface area (Å²) in [6.45, 7) is -0.351. The molecular weight excluding hydrogens is 222 g/mol. The van der Waals surface area contributed by atoms with E-state index in [1.165, 1.54) is 0 Å². The summed E-state index contributed by atoms with van der Waals surface area (Å²) >= 11 is 0. The van der Waals surface area contributed by atoms with Crippen molar-refractivity contribution in [3.8, 4) is 0 Å². The number of benzene rings is 1. The van der Waals surface area contributed by atoms with E-state index in [0.29, 0.717) is 5.56 Å². The molecule has 0 aliphatic carbocycles. The van der Waals surface area contributed by atoms with Crippen molar-refractivity contribution in [1.82, 2.24) is 10.5 Å². The molecule has 0 unspecified atom stereocenters. The standard InChI is InChI=1S/C11H11N3O3/c12-10(15)6-17-14-11(16)8-2-1-7-3-4-13-9(7)5-8/h1-5,13H,6H2,(H2,12,15)(H,14,16). The van der Waals surface area contributed by atoms with E-state index in [9.17, 15) is 9.59 Å². The molecule has 1 heterocycles. The molecule has 2 rings (SSSR count). The van der Waals surface area contributed by atoms with Crippen LogP contribution >= 0.6 is 0 Å². The molecule has 0 aliphatic heterocycles. The maximum Gasteiger partial charge on any atom is 0.274 e. The highest BCUT2D eigenvalue weighted by Crippen LogP contribution is 2.13. The van der Waals surface area contributed by atoms with Crippen LogP contribution in [0.5, 0.6) is 0 Å². The van der Waals surface area contributed by atoms with Gasteiger partial charge in [0.05, 0.1) is 0 Å². The molecule has 2 amide bonds. The van der Waals surface area contributed by atoms with Gasteiger partial charge in [-0.2, -0.15) is 0 Å². The average Bonchev–Trinajstić information content (AvgIpc) is 2.75. The summed E-state index contributed by atoms with van der Waals surface area (Å²) in [5.74, 6) is -1.08. The van der Waals surface area contributed by atoms with Gasteiger partial charge >= 0.3 is 0 Å². The maximum atomic E-state index is 11.6. The molecule has 1 aromatic heterocycles. The van der Waals surface area contributed by atoms with Crippen LogP contribution in [0.15, 0.2) is 30.5 Å². The van der Waals surface area contributed by atoms with E-state index >= 15 is 0 Å². The Bertz CT molecular complexity index is 562. The van der Waals surface area contributed by atoms with Crippen molar-refractivity contribution in [2.75, 3.05) is 6.61 Å². The van der Waals surface area contributed by atoms with Crippen molar-refractivity contribution in [3.63, 3.8) is 0 Å². The Balaban J connectivity index is 2.05. The first-order valence-electron chi connectivity index (χ1n) is 4.94. The summed E-state index contributed by atoms with van der Waals surface area (Å²) in [6.07, 6.45) is 1.79. The molecule has 0 spiro atoms. The van der Waals surface area contributed by atoms with Gasteiger partial charge in [0.15, 0.2) is 6.61 Å². The monoisotopic (exact) mass is 233 g/mol. The van der Waals surface area contributed by atoms with E-state index in [1.54, 1.807) is 18.3 Å². The zero-order valence-corrected chi connectivity index (χ0v) is 8.90. The third-order valence-electron chi connectivity index (χ3n) is 2.20. The van der Waals surface area contributed by atoms with E-state index in [1.807, 2.05) is 12.1 Å². The molecule has 88 valence electrons. The minimum Gasteiger partial charge on any atom is -0.368 e. The molecule has 0 bridgehead atoms. The van der Waals surface area contributed by atoms with Crippen LogP contribution in [0.25, 0.3) is 10.9 Å². The van der Waals surface area contributed by atoms with E-state index < -0.39 is 11.8 Å². The lowest BCUT2D eigenvalue weighted by molar-refractivity contribution is -0.124. The third kappa shape index (κ3) is 2.61. The fourth-order valence-electron chi connectivity index (χ4n) is 1.42. The van der Waals surface area contributed by atoms with Gasteiger partial charge in [0, 0.05) is 17.3 Å². The second-order valence-electron chi connectivity index (χ2n) is 3.47. The predicted molar refractivity (Wildman–Crippen MR) is 60.9 cm³/mol. The molecule has 4 N–H and O–H groups in total. The molecule has 2 aromatic rings. The molecule has 0 atom stereocenters. The highest BCUT2D eigenvalue weighted by Gasteiger charge is 2.07. The fraction of sp³-hybridized carbons (Fsp3) is 0.0909. The van der Waals surface area contributed by atoms with Crippen LogP contribution in [0.3, 0.4) is 0 Å². The smallest absolute Gasteiger partial charge is 0.274 e. The van der Waals surface area contributed by atoms with Crippen molar-refractivity contribution >= 4 is 22.7 Å². The molecule has 0 fully saturated rings. The lowest BCUT2D eigenvalue weighted by Crippen LogP contribution is -2.29. The largest absolute Gasteiger partial charge is 0.368 e. The number of H-pyrrole nitrogens is 1. The Hall–Kier alpha value is -2.34. The van der Waals surface area contributed by atoms with Gasteiger partial charge in [0.25, 0.3) is 5.91 Å². The number of rotatable bonds is 4. The lowest BCUT2D eigenvalue weighted by atomic mass is 10.1. The number of hydrogen-bond donors (Lipinski definition) is 3. The van der Waals surface area contributed by atoms with Crippen LogP contribution in [0.1, 0.15) is 10.4 Å². The highest BCUT2D eigenvalue weighted by atomic mass is 16.7. The first-order chi connectivity index (χ1) is 8.16. The van der Waals surface area contributed by atoms with Gasteiger partial charge in [0.2, 0.25) is 5.91 Å². The van der Waals surface area contributed by atoms with E-state index in [2.05, 4.69) is 15.3 Å². The molecule has 17 heavy (non-hydrogen) atoms. The number of hydrogen-bond acceptors (Lipinski definition) is 3. The van der Waals surface area contributed by atoms with Gasteiger partial charge in [-0.3, -0.25) is 14.4 Å². The van der Waals surface area contributed by atoms with E-state index in [-0.39, 0.29) is 6.61 Å². The van der Waals surface area contributed by atoms with Crippen molar-refractivity contribution in [3.05, 3.63) is 36.0 Å². The van der Waals surface area contributed by atoms with Crippen LogP contribution in [0.4, 0.5) is 0 Å². The summed E-state index contributed by atoms with van der Waals surface area (Å²) in [5, 5.41) is 1.01. The first kappa shape index (κ1) is 11.2. The Morgan fingerprint density at radius 2 is 2.18 bits per heavy atom. The zero-order chi connectivity index (χ0) is 12.3. The Labute approximate surface area is 96.7 Å². The van der Waals surface area contributed by atoms with Gasteiger partial charge in [-0.25, -0.2) is 5.48 Å². The summed E-state index contributed by atoms with van der Waals surface area (Å²) in [5.41, 5.74) is 8.28. The lowest BCUT2D eigenvalue weighted by Gasteiger charge is -2.04. The van der Waals surface area contributed by atoms with Gasteiger partial charge in [0.1, 0.15) is 0 Å². The van der Waals surface area contributed by atoms with E-state index in [4.69, 9.17) is 5.73 Å². The second kappa shape index (κ2) is 4.67. The van der Waals surface area contributed by atoms with Crippen LogP contribution in [0, 0.1) is 0 Å². The predicted octanol–water partition coefficient (Wildman–Crippen LogP) is 0.315. The number of nitrogens with one attached hydrogen (secondary N) is 2. The molecule has 0 saturated heterocycles. The Morgan fingerprint density at radius 1 is 1.35 bits per heavy atom. The zero-order valence-electron chi connectivity index (χ0n) is 8.90. The Kier molecular flexibility index (Phi) is 3.06. The van der Waals surface area contributed by atoms with Crippen LogP contribution in [-0.4, -0.2) is 23.4 Å². The fourth-order valence-corrected chi connectivity index (χ4v) is 1.42. The molecule has 6 nitrogen and oxygen atoms in total. The van der Waals surface area contributed by atoms with Crippen LogP contribution < -0.4 is 11.2 Å². The normalized spacial score (nSPS) is 10.4. The van der Waals surface area contributed by atoms with Gasteiger partial charge in [-0.15, -0.1) is 0 Å². The number of amides is 2. The summed E-state index contributed by atoms with van der Waals surface area (Å²) in [4.78, 5) is 29.6. The Morgan fingerprint density at radius 3 is 2.94 bits per heavy atom. The quantitative estimate of drug-likeness (QED) is 0.663. The third-order valence-corrected chi connectivity index (χ3v) is 2.20. The number of aromatic nitrogens is 1. The average molecular weight is 233 g/mol. The maximum absolute atomic E-state index is 11.6. The van der Waals surface area contributed by atoms with Crippen molar-refractivity contribution < 1.29 is 14.4 Å².